The fourth-order valence-corrected chi connectivity index (χ4v) is 10.2. The minimum atomic E-state index is 0.355. The molecule has 0 saturated carbocycles. The first-order chi connectivity index (χ1) is 34.3. The van der Waals surface area contributed by atoms with Gasteiger partial charge in [-0.05, 0) is 108 Å². The summed E-state index contributed by atoms with van der Waals surface area (Å²) in [6, 6.07) is 31.6. The van der Waals surface area contributed by atoms with Crippen molar-refractivity contribution in [3.8, 4) is 33.8 Å². The average molecular weight is 972 g/mol. The molecule has 9 aromatic rings. The maximum atomic E-state index is 7.02. The molecule has 3 aromatic carbocycles. The number of hydrogen-bond donors (Lipinski definition) is 0. The summed E-state index contributed by atoms with van der Waals surface area (Å²) < 4.78 is 12.0. The van der Waals surface area contributed by atoms with E-state index in [9.17, 15) is 0 Å². The van der Waals surface area contributed by atoms with Gasteiger partial charge in [0.2, 0.25) is 0 Å². The lowest BCUT2D eigenvalue weighted by molar-refractivity contribution is 0.0675. The molecule has 0 unspecified atom stereocenters. The smallest absolute Gasteiger partial charge is 0.270 e. The van der Waals surface area contributed by atoms with Gasteiger partial charge < -0.3 is 9.64 Å². The van der Waals surface area contributed by atoms with Crippen molar-refractivity contribution >= 4 is 55.9 Å². The SMILES string of the molecule is CN1CCC(n2nc(-c3ccc(Cl)cc3)c3cnccc32)CC1.Cc1ccc(-c2nn(C3CCOCC3)c3ccncc23)cc1.[C-]#[N+]CN1CCC(n2nc(-c3ccc(Cl)cc3)c3cnccc32)CC1. The molecule has 0 radical (unpaired) electrons. The molecule has 0 aliphatic carbocycles. The van der Waals surface area contributed by atoms with Gasteiger partial charge in [-0.3, -0.25) is 33.8 Å². The molecule has 12 rings (SSSR count). The maximum Gasteiger partial charge on any atom is 0.270 e. The van der Waals surface area contributed by atoms with Gasteiger partial charge >= 0.3 is 0 Å². The van der Waals surface area contributed by atoms with E-state index < -0.39 is 0 Å². The first-order valence-electron chi connectivity index (χ1n) is 24.2. The standard InChI is InChI=1S/C19H18ClN5.C18H19ClN4.C18H19N3O/c1-21-13-24-10-7-16(8-11-24)25-18-6-9-22-12-17(18)19(23-25)14-2-4-15(20)5-3-14;1-22-10-7-15(8-11-22)23-17-6-9-20-12-16(17)18(21-23)13-2-4-14(19)5-3-13;1-13-2-4-14(5-3-13)18-16-12-19-9-6-17(16)21(20-18)15-7-10-22-11-8-15/h2-6,9,12,16H,7-8,10-11,13H2;2-6,9,12,15H,7-8,10-11H2,1H3;2-6,9,12,15H,7-8,10-11H2,1H3. The highest BCUT2D eigenvalue weighted by Gasteiger charge is 2.26. The van der Waals surface area contributed by atoms with Crippen LogP contribution in [-0.4, -0.2) is 107 Å². The topological polar surface area (TPSA) is 112 Å². The summed E-state index contributed by atoms with van der Waals surface area (Å²) >= 11 is 12.0. The summed E-state index contributed by atoms with van der Waals surface area (Å²) in [4.78, 5) is 21.0. The highest BCUT2D eigenvalue weighted by Crippen LogP contribution is 2.36. The molecule has 0 amide bonds. The van der Waals surface area contributed by atoms with E-state index >= 15 is 0 Å². The Balaban J connectivity index is 0.000000122. The summed E-state index contributed by atoms with van der Waals surface area (Å²) in [5.74, 6) is 0. The summed E-state index contributed by atoms with van der Waals surface area (Å²) in [6.07, 6.45) is 17.6. The van der Waals surface area contributed by atoms with Gasteiger partial charge in [0.15, 0.2) is 0 Å². The van der Waals surface area contributed by atoms with Gasteiger partial charge in [-0.25, -0.2) is 11.5 Å². The van der Waals surface area contributed by atoms with Crippen molar-refractivity contribution in [1.29, 1.82) is 0 Å². The van der Waals surface area contributed by atoms with Crippen LogP contribution in [-0.2, 0) is 4.74 Å². The Morgan fingerprint density at radius 2 is 0.900 bits per heavy atom. The van der Waals surface area contributed by atoms with Crippen LogP contribution in [0, 0.1) is 13.5 Å². The van der Waals surface area contributed by atoms with Crippen LogP contribution >= 0.6 is 23.2 Å². The zero-order chi connectivity index (χ0) is 48.0. The first kappa shape index (κ1) is 47.2. The fraction of sp³-hybridized carbons (Fsp3) is 0.327. The van der Waals surface area contributed by atoms with E-state index in [0.29, 0.717) is 24.8 Å². The van der Waals surface area contributed by atoms with Crippen molar-refractivity contribution < 1.29 is 4.74 Å². The number of aromatic nitrogens is 9. The molecule has 9 heterocycles. The van der Waals surface area contributed by atoms with E-state index in [4.69, 9.17) is 49.8 Å². The zero-order valence-corrected chi connectivity index (χ0v) is 41.1. The summed E-state index contributed by atoms with van der Waals surface area (Å²) in [5.41, 5.74) is 10.9. The highest BCUT2D eigenvalue weighted by molar-refractivity contribution is 6.31. The van der Waals surface area contributed by atoms with E-state index in [-0.39, 0.29) is 0 Å². The monoisotopic (exact) mass is 970 g/mol. The van der Waals surface area contributed by atoms with E-state index in [1.165, 1.54) is 11.1 Å². The van der Waals surface area contributed by atoms with Crippen molar-refractivity contribution in [1.82, 2.24) is 54.1 Å². The van der Waals surface area contributed by atoms with Crippen LogP contribution < -0.4 is 0 Å². The lowest BCUT2D eigenvalue weighted by Crippen LogP contribution is -2.34. The molecule has 0 bridgehead atoms. The van der Waals surface area contributed by atoms with Gasteiger partial charge in [0.25, 0.3) is 6.67 Å². The first-order valence-corrected chi connectivity index (χ1v) is 24.9. The molecule has 3 aliphatic heterocycles. The number of fused-ring (bicyclic) bond motifs is 3. The molecule has 356 valence electrons. The Labute approximate surface area is 418 Å². The second-order valence-electron chi connectivity index (χ2n) is 18.5. The highest BCUT2D eigenvalue weighted by atomic mass is 35.5. The molecular formula is C55H56Cl2N12O. The lowest BCUT2D eigenvalue weighted by Gasteiger charge is -2.29. The Morgan fingerprint density at radius 1 is 0.529 bits per heavy atom. The number of piperidine rings is 2. The zero-order valence-electron chi connectivity index (χ0n) is 39.6. The molecule has 0 N–H and O–H groups in total. The number of likely N-dealkylation sites (tertiary alicyclic amines) is 2. The molecule has 70 heavy (non-hydrogen) atoms. The lowest BCUT2D eigenvalue weighted by atomic mass is 10.1. The minimum absolute atomic E-state index is 0.355. The number of rotatable bonds is 7. The number of pyridine rings is 3. The minimum Gasteiger partial charge on any atom is -0.381 e. The quantitative estimate of drug-likeness (QED) is 0.144. The third kappa shape index (κ3) is 10.3. The molecule has 15 heteroatoms. The van der Waals surface area contributed by atoms with Crippen LogP contribution in [0.3, 0.4) is 0 Å². The van der Waals surface area contributed by atoms with Crippen molar-refractivity contribution in [3.05, 3.63) is 155 Å². The number of ether oxygens (including phenoxy) is 1. The van der Waals surface area contributed by atoms with Crippen LogP contribution in [0.4, 0.5) is 0 Å². The van der Waals surface area contributed by atoms with Gasteiger partial charge in [-0.2, -0.15) is 15.3 Å². The van der Waals surface area contributed by atoms with E-state index in [2.05, 4.69) is 94.0 Å². The van der Waals surface area contributed by atoms with Crippen molar-refractivity contribution in [3.63, 3.8) is 0 Å². The number of aryl methyl sites for hydroxylation is 1. The largest absolute Gasteiger partial charge is 0.381 e. The van der Waals surface area contributed by atoms with Gasteiger partial charge in [0, 0.05) is 106 Å². The third-order valence-corrected chi connectivity index (χ3v) is 14.3. The van der Waals surface area contributed by atoms with Gasteiger partial charge in [0.05, 0.1) is 34.7 Å². The van der Waals surface area contributed by atoms with Crippen LogP contribution in [0.25, 0.3) is 71.3 Å². The molecular weight excluding hydrogens is 916 g/mol. The Hall–Kier alpha value is -6.53. The summed E-state index contributed by atoms with van der Waals surface area (Å²) in [6.45, 7) is 15.4. The second-order valence-corrected chi connectivity index (χ2v) is 19.3. The normalized spacial score (nSPS) is 16.4. The molecule has 3 saturated heterocycles. The third-order valence-electron chi connectivity index (χ3n) is 13.8. The van der Waals surface area contributed by atoms with Gasteiger partial charge in [-0.1, -0.05) is 77.3 Å². The molecule has 13 nitrogen and oxygen atoms in total. The van der Waals surface area contributed by atoms with Gasteiger partial charge in [-0.15, -0.1) is 0 Å². The number of nitrogens with zero attached hydrogens (tertiary/aromatic N) is 12. The Morgan fingerprint density at radius 3 is 1.30 bits per heavy atom. The maximum absolute atomic E-state index is 7.02. The van der Waals surface area contributed by atoms with E-state index in [1.54, 1.807) is 0 Å². The Bertz CT molecular complexity index is 3210. The van der Waals surface area contributed by atoms with Crippen LogP contribution in [0.5, 0.6) is 0 Å². The molecule has 3 fully saturated rings. The van der Waals surface area contributed by atoms with Crippen LogP contribution in [0.1, 0.15) is 62.2 Å². The molecule has 6 aromatic heterocycles. The van der Waals surface area contributed by atoms with Crippen molar-refractivity contribution in [2.24, 2.45) is 0 Å². The number of halogens is 2. The predicted molar refractivity (Wildman–Crippen MR) is 280 cm³/mol. The number of benzene rings is 3. The predicted octanol–water partition coefficient (Wildman–Crippen LogP) is 12.0. The number of hydrogen-bond acceptors (Lipinski definition) is 9. The van der Waals surface area contributed by atoms with Crippen LogP contribution in [0.2, 0.25) is 10.0 Å². The Kier molecular flexibility index (Phi) is 14.6. The molecule has 0 atom stereocenters. The van der Waals surface area contributed by atoms with E-state index in [1.807, 2.05) is 91.8 Å². The fourth-order valence-electron chi connectivity index (χ4n) is 9.93. The van der Waals surface area contributed by atoms with Crippen molar-refractivity contribution in [2.75, 3.05) is 53.1 Å². The average Bonchev–Trinajstić information content (AvgIpc) is 4.11. The summed E-state index contributed by atoms with van der Waals surface area (Å²) in [7, 11) is 2.18. The molecule has 0 spiro atoms. The van der Waals surface area contributed by atoms with Gasteiger partial charge in [0.1, 0.15) is 17.1 Å². The van der Waals surface area contributed by atoms with Crippen molar-refractivity contribution in [2.45, 2.75) is 63.6 Å². The van der Waals surface area contributed by atoms with E-state index in [0.717, 1.165) is 149 Å². The molecule has 3 aliphatic rings. The van der Waals surface area contributed by atoms with Crippen LogP contribution in [0.15, 0.2) is 128 Å². The second kappa shape index (κ2) is 21.6. The summed E-state index contributed by atoms with van der Waals surface area (Å²) in [5, 5.41) is 19.6.